The standard InChI is InChI=1S/C11H10N2O3/c1-13-9-4-3-7(6-14)5-8(9)10(12-13)11(15)16-2/h3-6H,1-2H3. The minimum atomic E-state index is -0.506. The van der Waals surface area contributed by atoms with Gasteiger partial charge in [-0.1, -0.05) is 0 Å². The lowest BCUT2D eigenvalue weighted by Crippen LogP contribution is -2.03. The predicted octanol–water partition coefficient (Wildman–Crippen LogP) is 1.17. The van der Waals surface area contributed by atoms with Gasteiger partial charge < -0.3 is 4.74 Å². The number of nitrogens with zero attached hydrogens (tertiary/aromatic N) is 2. The molecule has 1 aromatic heterocycles. The molecule has 0 fully saturated rings. The van der Waals surface area contributed by atoms with Crippen molar-refractivity contribution in [1.29, 1.82) is 0 Å². The number of rotatable bonds is 2. The molecular weight excluding hydrogens is 208 g/mol. The highest BCUT2D eigenvalue weighted by atomic mass is 16.5. The lowest BCUT2D eigenvalue weighted by Gasteiger charge is -1.95. The van der Waals surface area contributed by atoms with Gasteiger partial charge in [0.1, 0.15) is 6.29 Å². The summed E-state index contributed by atoms with van der Waals surface area (Å²) in [6, 6.07) is 5.05. The van der Waals surface area contributed by atoms with Gasteiger partial charge in [-0.15, -0.1) is 0 Å². The second-order valence-electron chi connectivity index (χ2n) is 3.36. The molecular formula is C11H10N2O3. The molecule has 5 heteroatoms. The minimum Gasteiger partial charge on any atom is -0.464 e. The van der Waals surface area contributed by atoms with Crippen molar-refractivity contribution in [3.8, 4) is 0 Å². The monoisotopic (exact) mass is 218 g/mol. The van der Waals surface area contributed by atoms with Crippen LogP contribution in [0.1, 0.15) is 20.8 Å². The maximum Gasteiger partial charge on any atom is 0.359 e. The summed E-state index contributed by atoms with van der Waals surface area (Å²) in [5.74, 6) is -0.506. The fourth-order valence-electron chi connectivity index (χ4n) is 1.60. The third-order valence-electron chi connectivity index (χ3n) is 2.39. The summed E-state index contributed by atoms with van der Waals surface area (Å²) >= 11 is 0. The molecule has 5 nitrogen and oxygen atoms in total. The summed E-state index contributed by atoms with van der Waals surface area (Å²) in [5, 5.41) is 4.69. The van der Waals surface area contributed by atoms with Crippen molar-refractivity contribution in [2.24, 2.45) is 7.05 Å². The largest absolute Gasteiger partial charge is 0.464 e. The summed E-state index contributed by atoms with van der Waals surface area (Å²) < 4.78 is 6.21. The van der Waals surface area contributed by atoms with E-state index in [4.69, 9.17) is 0 Å². The minimum absolute atomic E-state index is 0.226. The van der Waals surface area contributed by atoms with Crippen LogP contribution in [0.5, 0.6) is 0 Å². The molecule has 1 heterocycles. The smallest absolute Gasteiger partial charge is 0.359 e. The molecule has 0 amide bonds. The van der Waals surface area contributed by atoms with Crippen LogP contribution in [0.4, 0.5) is 0 Å². The van der Waals surface area contributed by atoms with E-state index in [1.807, 2.05) is 0 Å². The van der Waals surface area contributed by atoms with E-state index in [0.29, 0.717) is 10.9 Å². The molecule has 0 atom stereocenters. The summed E-state index contributed by atoms with van der Waals surface area (Å²) in [6.07, 6.45) is 0.730. The number of fused-ring (bicyclic) bond motifs is 1. The molecule has 2 rings (SSSR count). The van der Waals surface area contributed by atoms with E-state index in [1.165, 1.54) is 7.11 Å². The Kier molecular flexibility index (Phi) is 2.44. The number of aryl methyl sites for hydroxylation is 1. The van der Waals surface area contributed by atoms with Gasteiger partial charge in [0.25, 0.3) is 0 Å². The third-order valence-corrected chi connectivity index (χ3v) is 2.39. The number of esters is 1. The SMILES string of the molecule is COC(=O)c1nn(C)c2ccc(C=O)cc12. The lowest BCUT2D eigenvalue weighted by molar-refractivity contribution is 0.0595. The third kappa shape index (κ3) is 1.46. The van der Waals surface area contributed by atoms with Crippen LogP contribution in [0.3, 0.4) is 0 Å². The molecule has 0 aliphatic heterocycles. The van der Waals surface area contributed by atoms with Crippen molar-refractivity contribution in [2.45, 2.75) is 0 Å². The maximum atomic E-state index is 11.5. The van der Waals surface area contributed by atoms with Gasteiger partial charge in [-0.25, -0.2) is 4.79 Å². The van der Waals surface area contributed by atoms with Gasteiger partial charge in [0.15, 0.2) is 5.69 Å². The van der Waals surface area contributed by atoms with Crippen LogP contribution in [-0.2, 0) is 11.8 Å². The van der Waals surface area contributed by atoms with Crippen molar-refractivity contribution in [1.82, 2.24) is 9.78 Å². The molecule has 0 aliphatic rings. The number of aldehydes is 1. The molecule has 0 saturated heterocycles. The van der Waals surface area contributed by atoms with Crippen molar-refractivity contribution in [3.05, 3.63) is 29.5 Å². The molecule has 0 unspecified atom stereocenters. The second-order valence-corrected chi connectivity index (χ2v) is 3.36. The zero-order valence-electron chi connectivity index (χ0n) is 8.93. The average Bonchev–Trinajstić information content (AvgIpc) is 2.65. The van der Waals surface area contributed by atoms with Crippen molar-refractivity contribution in [3.63, 3.8) is 0 Å². The summed E-state index contributed by atoms with van der Waals surface area (Å²) in [6.45, 7) is 0. The number of benzene rings is 1. The number of carbonyl (C=O) groups excluding carboxylic acids is 2. The van der Waals surface area contributed by atoms with Gasteiger partial charge >= 0.3 is 5.97 Å². The van der Waals surface area contributed by atoms with E-state index in [9.17, 15) is 9.59 Å². The van der Waals surface area contributed by atoms with Gasteiger partial charge in [-0.05, 0) is 18.2 Å². The van der Waals surface area contributed by atoms with Crippen molar-refractivity contribution < 1.29 is 14.3 Å². The molecule has 0 N–H and O–H groups in total. The topological polar surface area (TPSA) is 61.2 Å². The van der Waals surface area contributed by atoms with E-state index < -0.39 is 5.97 Å². The van der Waals surface area contributed by atoms with Gasteiger partial charge in [0.2, 0.25) is 0 Å². The first-order valence-electron chi connectivity index (χ1n) is 4.67. The normalized spacial score (nSPS) is 10.4. The van der Waals surface area contributed by atoms with E-state index in [1.54, 1.807) is 29.9 Å². The Hall–Kier alpha value is -2.17. The zero-order chi connectivity index (χ0) is 11.7. The Balaban J connectivity index is 2.74. The van der Waals surface area contributed by atoms with Crippen molar-refractivity contribution >= 4 is 23.2 Å². The molecule has 1 aromatic carbocycles. The lowest BCUT2D eigenvalue weighted by atomic mass is 10.1. The molecule has 16 heavy (non-hydrogen) atoms. The first-order chi connectivity index (χ1) is 7.67. The van der Waals surface area contributed by atoms with Crippen LogP contribution >= 0.6 is 0 Å². The van der Waals surface area contributed by atoms with E-state index in [0.717, 1.165) is 11.8 Å². The van der Waals surface area contributed by atoms with Crippen LogP contribution in [-0.4, -0.2) is 29.1 Å². The van der Waals surface area contributed by atoms with Gasteiger partial charge in [-0.2, -0.15) is 5.10 Å². The van der Waals surface area contributed by atoms with E-state index in [-0.39, 0.29) is 5.69 Å². The van der Waals surface area contributed by atoms with Gasteiger partial charge in [0, 0.05) is 18.0 Å². The summed E-state index contributed by atoms with van der Waals surface area (Å²) in [4.78, 5) is 22.1. The second kappa shape index (κ2) is 3.77. The Bertz CT molecular complexity index is 572. The molecule has 0 saturated carbocycles. The van der Waals surface area contributed by atoms with Crippen LogP contribution in [0.15, 0.2) is 18.2 Å². The van der Waals surface area contributed by atoms with Crippen molar-refractivity contribution in [2.75, 3.05) is 7.11 Å². The molecule has 0 bridgehead atoms. The van der Waals surface area contributed by atoms with Crippen LogP contribution < -0.4 is 0 Å². The Morgan fingerprint density at radius 3 is 2.88 bits per heavy atom. The molecule has 0 spiro atoms. The Labute approximate surface area is 91.6 Å². The van der Waals surface area contributed by atoms with Crippen LogP contribution in [0.25, 0.3) is 10.9 Å². The Morgan fingerprint density at radius 2 is 2.25 bits per heavy atom. The number of methoxy groups -OCH3 is 1. The summed E-state index contributed by atoms with van der Waals surface area (Å²) in [7, 11) is 3.03. The molecule has 0 radical (unpaired) electrons. The van der Waals surface area contributed by atoms with E-state index in [2.05, 4.69) is 9.84 Å². The highest BCUT2D eigenvalue weighted by Gasteiger charge is 2.16. The zero-order valence-corrected chi connectivity index (χ0v) is 8.93. The van der Waals surface area contributed by atoms with Crippen LogP contribution in [0, 0.1) is 0 Å². The number of ether oxygens (including phenoxy) is 1. The van der Waals surface area contributed by atoms with E-state index >= 15 is 0 Å². The fraction of sp³-hybridized carbons (Fsp3) is 0.182. The number of carbonyl (C=O) groups is 2. The average molecular weight is 218 g/mol. The fourth-order valence-corrected chi connectivity index (χ4v) is 1.60. The maximum absolute atomic E-state index is 11.5. The quantitative estimate of drug-likeness (QED) is 0.560. The number of hydrogen-bond donors (Lipinski definition) is 0. The summed E-state index contributed by atoms with van der Waals surface area (Å²) in [5.41, 5.74) is 1.51. The van der Waals surface area contributed by atoms with Crippen LogP contribution in [0.2, 0.25) is 0 Å². The number of aromatic nitrogens is 2. The van der Waals surface area contributed by atoms with Gasteiger partial charge in [-0.3, -0.25) is 9.48 Å². The first kappa shape index (κ1) is 10.4. The molecule has 0 aliphatic carbocycles. The highest BCUT2D eigenvalue weighted by molar-refractivity contribution is 6.03. The first-order valence-corrected chi connectivity index (χ1v) is 4.67. The molecule has 82 valence electrons. The highest BCUT2D eigenvalue weighted by Crippen LogP contribution is 2.19. The molecule has 2 aromatic rings. The Morgan fingerprint density at radius 1 is 1.50 bits per heavy atom. The number of hydrogen-bond acceptors (Lipinski definition) is 4. The van der Waals surface area contributed by atoms with Gasteiger partial charge in [0.05, 0.1) is 12.6 Å². The predicted molar refractivity (Wildman–Crippen MR) is 57.4 cm³/mol.